The van der Waals surface area contributed by atoms with Crippen molar-refractivity contribution in [3.63, 3.8) is 0 Å². The van der Waals surface area contributed by atoms with Crippen molar-refractivity contribution in [1.29, 1.82) is 0 Å². The van der Waals surface area contributed by atoms with Crippen LogP contribution in [0.1, 0.15) is 11.1 Å². The Labute approximate surface area is 134 Å². The van der Waals surface area contributed by atoms with Crippen LogP contribution in [0.2, 0.25) is 0 Å². The molecule has 0 fully saturated rings. The summed E-state index contributed by atoms with van der Waals surface area (Å²) >= 11 is 3.46. The van der Waals surface area contributed by atoms with Gasteiger partial charge in [-0.1, -0.05) is 28.1 Å². The molecule has 0 bridgehead atoms. The molecule has 0 aliphatic rings. The third-order valence-electron chi connectivity index (χ3n) is 3.02. The van der Waals surface area contributed by atoms with E-state index in [4.69, 9.17) is 4.74 Å². The normalized spacial score (nSPS) is 12.0. The number of hydrogen-bond donors (Lipinski definition) is 2. The SMILES string of the molecule is Cc1cc(Br)cc(NCC(O)COc2cccc(C)c2)c1. The summed E-state index contributed by atoms with van der Waals surface area (Å²) in [5, 5.41) is 13.2. The number of aryl methyl sites for hydroxylation is 2. The number of rotatable bonds is 6. The molecule has 0 radical (unpaired) electrons. The lowest BCUT2D eigenvalue weighted by Gasteiger charge is -2.15. The van der Waals surface area contributed by atoms with Gasteiger partial charge in [0.05, 0.1) is 0 Å². The molecule has 2 aromatic carbocycles. The summed E-state index contributed by atoms with van der Waals surface area (Å²) in [5.41, 5.74) is 3.29. The summed E-state index contributed by atoms with van der Waals surface area (Å²) in [4.78, 5) is 0. The Morgan fingerprint density at radius 3 is 2.67 bits per heavy atom. The van der Waals surface area contributed by atoms with E-state index in [9.17, 15) is 5.11 Å². The van der Waals surface area contributed by atoms with Crippen LogP contribution in [0.25, 0.3) is 0 Å². The van der Waals surface area contributed by atoms with Crippen LogP contribution in [0, 0.1) is 13.8 Å². The Morgan fingerprint density at radius 2 is 1.95 bits per heavy atom. The number of halogens is 1. The highest BCUT2D eigenvalue weighted by atomic mass is 79.9. The molecule has 0 aliphatic heterocycles. The van der Waals surface area contributed by atoms with Crippen molar-refractivity contribution in [2.75, 3.05) is 18.5 Å². The van der Waals surface area contributed by atoms with E-state index < -0.39 is 6.10 Å². The molecule has 0 spiro atoms. The van der Waals surface area contributed by atoms with Gasteiger partial charge in [0.1, 0.15) is 18.5 Å². The fourth-order valence-electron chi connectivity index (χ4n) is 2.03. The second-order valence-electron chi connectivity index (χ2n) is 5.18. The number of hydrogen-bond acceptors (Lipinski definition) is 3. The van der Waals surface area contributed by atoms with E-state index in [1.807, 2.05) is 56.3 Å². The fourth-order valence-corrected chi connectivity index (χ4v) is 2.64. The van der Waals surface area contributed by atoms with Gasteiger partial charge in [-0.2, -0.15) is 0 Å². The van der Waals surface area contributed by atoms with Gasteiger partial charge in [0.25, 0.3) is 0 Å². The van der Waals surface area contributed by atoms with Gasteiger partial charge in [-0.25, -0.2) is 0 Å². The lowest BCUT2D eigenvalue weighted by molar-refractivity contribution is 0.117. The Bertz CT molecular complexity index is 581. The molecule has 0 aliphatic carbocycles. The Balaban J connectivity index is 1.80. The highest BCUT2D eigenvalue weighted by molar-refractivity contribution is 9.10. The van der Waals surface area contributed by atoms with Crippen molar-refractivity contribution >= 4 is 21.6 Å². The molecule has 2 aromatic rings. The molecule has 112 valence electrons. The molecule has 1 unspecified atom stereocenters. The highest BCUT2D eigenvalue weighted by Crippen LogP contribution is 2.19. The van der Waals surface area contributed by atoms with E-state index in [0.717, 1.165) is 27.0 Å². The first-order valence-electron chi connectivity index (χ1n) is 6.91. The Kier molecular flexibility index (Phi) is 5.65. The number of ether oxygens (including phenoxy) is 1. The molecule has 0 heterocycles. The maximum atomic E-state index is 9.98. The van der Waals surface area contributed by atoms with Crippen molar-refractivity contribution in [2.24, 2.45) is 0 Å². The molecular weight excluding hydrogens is 330 g/mol. The molecule has 2 N–H and O–H groups in total. The first kappa shape index (κ1) is 15.9. The van der Waals surface area contributed by atoms with Crippen molar-refractivity contribution < 1.29 is 9.84 Å². The third kappa shape index (κ3) is 5.40. The van der Waals surface area contributed by atoms with Gasteiger partial charge >= 0.3 is 0 Å². The molecule has 0 saturated carbocycles. The van der Waals surface area contributed by atoms with Crippen LogP contribution in [0.3, 0.4) is 0 Å². The zero-order valence-electron chi connectivity index (χ0n) is 12.3. The van der Waals surface area contributed by atoms with Crippen LogP contribution in [0.5, 0.6) is 5.75 Å². The van der Waals surface area contributed by atoms with Crippen LogP contribution < -0.4 is 10.1 Å². The number of benzene rings is 2. The van der Waals surface area contributed by atoms with E-state index in [1.54, 1.807) is 0 Å². The van der Waals surface area contributed by atoms with Crippen molar-refractivity contribution in [3.8, 4) is 5.75 Å². The summed E-state index contributed by atoms with van der Waals surface area (Å²) in [7, 11) is 0. The van der Waals surface area contributed by atoms with Gasteiger partial charge in [-0.15, -0.1) is 0 Å². The van der Waals surface area contributed by atoms with Gasteiger partial charge in [-0.05, 0) is 55.3 Å². The molecule has 0 saturated heterocycles. The van der Waals surface area contributed by atoms with Crippen LogP contribution in [0.15, 0.2) is 46.9 Å². The summed E-state index contributed by atoms with van der Waals surface area (Å²) in [5.74, 6) is 0.785. The quantitative estimate of drug-likeness (QED) is 0.830. The second-order valence-corrected chi connectivity index (χ2v) is 6.10. The van der Waals surface area contributed by atoms with Crippen molar-refractivity contribution in [2.45, 2.75) is 20.0 Å². The Morgan fingerprint density at radius 1 is 1.14 bits per heavy atom. The standard InChI is InChI=1S/C17H20BrNO2/c1-12-4-3-5-17(8-12)21-11-16(20)10-19-15-7-13(2)6-14(18)9-15/h3-9,16,19-20H,10-11H2,1-2H3. The molecule has 4 heteroatoms. The van der Waals surface area contributed by atoms with Crippen LogP contribution in [-0.4, -0.2) is 24.4 Å². The van der Waals surface area contributed by atoms with Gasteiger partial charge in [0.15, 0.2) is 0 Å². The summed E-state index contributed by atoms with van der Waals surface area (Å²) in [6.45, 7) is 4.76. The predicted octanol–water partition coefficient (Wildman–Crippen LogP) is 3.92. The van der Waals surface area contributed by atoms with Crippen molar-refractivity contribution in [1.82, 2.24) is 0 Å². The largest absolute Gasteiger partial charge is 0.491 e. The average molecular weight is 350 g/mol. The highest BCUT2D eigenvalue weighted by Gasteiger charge is 2.06. The topological polar surface area (TPSA) is 41.5 Å². The predicted molar refractivity (Wildman–Crippen MR) is 90.0 cm³/mol. The minimum atomic E-state index is -0.565. The first-order chi connectivity index (χ1) is 10.0. The van der Waals surface area contributed by atoms with E-state index in [1.165, 1.54) is 0 Å². The lowest BCUT2D eigenvalue weighted by atomic mass is 10.2. The summed E-state index contributed by atoms with van der Waals surface area (Å²) in [6.07, 6.45) is -0.565. The molecule has 0 amide bonds. The second kappa shape index (κ2) is 7.48. The molecule has 2 rings (SSSR count). The molecular formula is C17H20BrNO2. The van der Waals surface area contributed by atoms with Crippen LogP contribution in [-0.2, 0) is 0 Å². The van der Waals surface area contributed by atoms with Gasteiger partial charge in [0.2, 0.25) is 0 Å². The minimum Gasteiger partial charge on any atom is -0.491 e. The van der Waals surface area contributed by atoms with Crippen LogP contribution >= 0.6 is 15.9 Å². The van der Waals surface area contributed by atoms with Gasteiger partial charge < -0.3 is 15.2 Å². The van der Waals surface area contributed by atoms with E-state index in [0.29, 0.717) is 6.54 Å². The van der Waals surface area contributed by atoms with E-state index >= 15 is 0 Å². The monoisotopic (exact) mass is 349 g/mol. The number of anilines is 1. The molecule has 0 aromatic heterocycles. The number of aliphatic hydroxyl groups is 1. The maximum absolute atomic E-state index is 9.98. The van der Waals surface area contributed by atoms with Crippen molar-refractivity contribution in [3.05, 3.63) is 58.1 Å². The zero-order valence-corrected chi connectivity index (χ0v) is 13.9. The number of aliphatic hydroxyl groups excluding tert-OH is 1. The third-order valence-corrected chi connectivity index (χ3v) is 3.47. The van der Waals surface area contributed by atoms with Gasteiger partial charge in [-0.3, -0.25) is 0 Å². The van der Waals surface area contributed by atoms with E-state index in [2.05, 4.69) is 21.2 Å². The Hall–Kier alpha value is -1.52. The summed E-state index contributed by atoms with van der Waals surface area (Å²) in [6, 6.07) is 13.9. The molecule has 1 atom stereocenters. The average Bonchev–Trinajstić information content (AvgIpc) is 2.42. The molecule has 3 nitrogen and oxygen atoms in total. The lowest BCUT2D eigenvalue weighted by Crippen LogP contribution is -2.26. The maximum Gasteiger partial charge on any atom is 0.119 e. The zero-order chi connectivity index (χ0) is 15.2. The van der Waals surface area contributed by atoms with Gasteiger partial charge in [0, 0.05) is 16.7 Å². The smallest absolute Gasteiger partial charge is 0.119 e. The first-order valence-corrected chi connectivity index (χ1v) is 7.71. The van der Waals surface area contributed by atoms with E-state index in [-0.39, 0.29) is 6.61 Å². The molecule has 21 heavy (non-hydrogen) atoms. The van der Waals surface area contributed by atoms with Crippen LogP contribution in [0.4, 0.5) is 5.69 Å². The fraction of sp³-hybridized carbons (Fsp3) is 0.294. The minimum absolute atomic E-state index is 0.267. The summed E-state index contributed by atoms with van der Waals surface area (Å²) < 4.78 is 6.61. The number of nitrogens with one attached hydrogen (secondary N) is 1.